The number of hydrogen-bond donors (Lipinski definition) is 1. The Hall–Kier alpha value is -2.56. The highest BCUT2D eigenvalue weighted by Crippen LogP contribution is 2.25. The normalized spacial score (nSPS) is 11.0. The number of unbranched alkanes of at least 4 members (excludes halogenated alkanes) is 1. The molecule has 0 atom stereocenters. The molecule has 1 N–H and O–H groups in total. The van der Waals surface area contributed by atoms with E-state index in [1.54, 1.807) is 6.07 Å². The average Bonchev–Trinajstić information content (AvgIpc) is 2.97. The molecule has 0 fully saturated rings. The van der Waals surface area contributed by atoms with Crippen LogP contribution in [0.2, 0.25) is 0 Å². The van der Waals surface area contributed by atoms with Crippen molar-refractivity contribution in [3.8, 4) is 17.2 Å². The maximum absolute atomic E-state index is 10.2. The van der Waals surface area contributed by atoms with Crippen LogP contribution in [0, 0.1) is 0 Å². The molecule has 23 heavy (non-hydrogen) atoms. The van der Waals surface area contributed by atoms with Crippen molar-refractivity contribution < 1.29 is 9.84 Å². The number of phenolic OH excluding ortho intramolecular Hbond substituents is 1. The maximum atomic E-state index is 10.2. The molecule has 0 amide bonds. The predicted molar refractivity (Wildman–Crippen MR) is 90.3 cm³/mol. The zero-order chi connectivity index (χ0) is 16.2. The van der Waals surface area contributed by atoms with Crippen LogP contribution in [0.1, 0.15) is 32.3 Å². The summed E-state index contributed by atoms with van der Waals surface area (Å²) in [5, 5.41) is 19.1. The summed E-state index contributed by atoms with van der Waals surface area (Å²) in [5.74, 6) is 0.948. The number of aromatic hydroxyl groups is 1. The van der Waals surface area contributed by atoms with E-state index >= 15 is 0 Å². The smallest absolute Gasteiger partial charge is 0.143 e. The van der Waals surface area contributed by atoms with Crippen molar-refractivity contribution >= 4 is 11.0 Å². The molecule has 5 nitrogen and oxygen atoms in total. The molecule has 1 aromatic heterocycles. The Morgan fingerprint density at radius 1 is 1.04 bits per heavy atom. The van der Waals surface area contributed by atoms with Crippen molar-refractivity contribution in [3.05, 3.63) is 42.0 Å². The summed E-state index contributed by atoms with van der Waals surface area (Å²) in [4.78, 5) is 1.49. The van der Waals surface area contributed by atoms with Crippen LogP contribution in [-0.2, 0) is 6.42 Å². The van der Waals surface area contributed by atoms with Gasteiger partial charge in [0, 0.05) is 6.07 Å². The summed E-state index contributed by atoms with van der Waals surface area (Å²) in [7, 11) is 0. The minimum atomic E-state index is 0.176. The van der Waals surface area contributed by atoms with Gasteiger partial charge in [-0.1, -0.05) is 19.4 Å². The monoisotopic (exact) mass is 311 g/mol. The number of fused-ring (bicyclic) bond motifs is 1. The van der Waals surface area contributed by atoms with E-state index in [0.717, 1.165) is 36.0 Å². The van der Waals surface area contributed by atoms with Gasteiger partial charge in [0.1, 0.15) is 28.2 Å². The molecular formula is C18H21N3O2. The van der Waals surface area contributed by atoms with Crippen LogP contribution < -0.4 is 4.74 Å². The second-order valence-electron chi connectivity index (χ2n) is 5.50. The summed E-state index contributed by atoms with van der Waals surface area (Å²) >= 11 is 0. The van der Waals surface area contributed by atoms with E-state index in [-0.39, 0.29) is 5.75 Å². The van der Waals surface area contributed by atoms with Gasteiger partial charge in [-0.25, -0.2) is 0 Å². The fourth-order valence-electron chi connectivity index (χ4n) is 2.52. The summed E-state index contributed by atoms with van der Waals surface area (Å²) in [5.41, 5.74) is 3.30. The minimum Gasteiger partial charge on any atom is -0.506 e. The van der Waals surface area contributed by atoms with Gasteiger partial charge in [0.25, 0.3) is 0 Å². The molecule has 0 aliphatic carbocycles. The number of aromatic nitrogens is 3. The Labute approximate surface area is 135 Å². The molecular weight excluding hydrogens is 290 g/mol. The van der Waals surface area contributed by atoms with E-state index in [1.807, 2.05) is 37.3 Å². The van der Waals surface area contributed by atoms with Crippen molar-refractivity contribution in [1.29, 1.82) is 0 Å². The molecule has 0 saturated heterocycles. The van der Waals surface area contributed by atoms with Crippen LogP contribution in [0.5, 0.6) is 11.5 Å². The van der Waals surface area contributed by atoms with Crippen LogP contribution in [0.3, 0.4) is 0 Å². The maximum Gasteiger partial charge on any atom is 0.143 e. The third-order valence-electron chi connectivity index (χ3n) is 3.74. The lowest BCUT2D eigenvalue weighted by Gasteiger charge is -2.06. The zero-order valence-electron chi connectivity index (χ0n) is 13.5. The van der Waals surface area contributed by atoms with Crippen LogP contribution in [0.25, 0.3) is 16.7 Å². The lowest BCUT2D eigenvalue weighted by Crippen LogP contribution is -2.00. The topological polar surface area (TPSA) is 60.2 Å². The molecule has 0 aliphatic heterocycles. The average molecular weight is 311 g/mol. The lowest BCUT2D eigenvalue weighted by molar-refractivity contribution is 0.340. The standard InChI is InChI=1S/C18H21N3O2/c1-3-5-6-13-7-10-18(22)17(11-13)21-19-15-9-8-14(23-4-2)12-16(15)20-21/h7-12,22H,3-6H2,1-2H3. The highest BCUT2D eigenvalue weighted by Gasteiger charge is 2.10. The van der Waals surface area contributed by atoms with E-state index in [2.05, 4.69) is 17.1 Å². The predicted octanol–water partition coefficient (Wildman–Crippen LogP) is 3.87. The number of rotatable bonds is 6. The number of nitrogens with zero attached hydrogens (tertiary/aromatic N) is 3. The third kappa shape index (κ3) is 3.28. The quantitative estimate of drug-likeness (QED) is 0.751. The van der Waals surface area contributed by atoms with Crippen molar-refractivity contribution in [3.63, 3.8) is 0 Å². The molecule has 0 aliphatic rings. The number of hydrogen-bond acceptors (Lipinski definition) is 4. The lowest BCUT2D eigenvalue weighted by atomic mass is 10.1. The number of phenols is 1. The molecule has 0 saturated carbocycles. The number of benzene rings is 2. The minimum absolute atomic E-state index is 0.176. The van der Waals surface area contributed by atoms with E-state index in [1.165, 1.54) is 10.4 Å². The molecule has 120 valence electrons. The van der Waals surface area contributed by atoms with Gasteiger partial charge in [-0.05, 0) is 49.6 Å². The fourth-order valence-corrected chi connectivity index (χ4v) is 2.52. The second kappa shape index (κ2) is 6.69. The Morgan fingerprint density at radius 3 is 2.65 bits per heavy atom. The van der Waals surface area contributed by atoms with Gasteiger partial charge in [-0.15, -0.1) is 15.0 Å². The highest BCUT2D eigenvalue weighted by molar-refractivity contribution is 5.75. The molecule has 1 heterocycles. The van der Waals surface area contributed by atoms with Crippen molar-refractivity contribution in [2.75, 3.05) is 6.61 Å². The van der Waals surface area contributed by atoms with Crippen LogP contribution in [0.15, 0.2) is 36.4 Å². The fraction of sp³-hybridized carbons (Fsp3) is 0.333. The van der Waals surface area contributed by atoms with Crippen LogP contribution in [-0.4, -0.2) is 26.7 Å². The Kier molecular flexibility index (Phi) is 4.46. The Balaban J connectivity index is 1.98. The van der Waals surface area contributed by atoms with E-state index in [4.69, 9.17) is 4.74 Å². The van der Waals surface area contributed by atoms with Gasteiger partial charge in [-0.2, -0.15) is 0 Å². The van der Waals surface area contributed by atoms with Gasteiger partial charge in [0.15, 0.2) is 0 Å². The molecule has 5 heteroatoms. The molecule has 0 unspecified atom stereocenters. The number of ether oxygens (including phenoxy) is 1. The van der Waals surface area contributed by atoms with Gasteiger partial charge in [0.2, 0.25) is 0 Å². The van der Waals surface area contributed by atoms with Crippen LogP contribution in [0.4, 0.5) is 0 Å². The Bertz CT molecular complexity index is 811. The van der Waals surface area contributed by atoms with E-state index in [9.17, 15) is 5.11 Å². The van der Waals surface area contributed by atoms with Crippen molar-refractivity contribution in [1.82, 2.24) is 15.0 Å². The SMILES string of the molecule is CCCCc1ccc(O)c(-n2nc3ccc(OCC)cc3n2)c1. The molecule has 2 aromatic carbocycles. The summed E-state index contributed by atoms with van der Waals surface area (Å²) in [6.07, 6.45) is 3.25. The molecule has 0 bridgehead atoms. The number of aryl methyl sites for hydroxylation is 1. The van der Waals surface area contributed by atoms with E-state index in [0.29, 0.717) is 12.3 Å². The van der Waals surface area contributed by atoms with Crippen LogP contribution >= 0.6 is 0 Å². The third-order valence-corrected chi connectivity index (χ3v) is 3.74. The summed E-state index contributed by atoms with van der Waals surface area (Å²) in [6, 6.07) is 11.2. The summed E-state index contributed by atoms with van der Waals surface area (Å²) < 4.78 is 5.49. The highest BCUT2D eigenvalue weighted by atomic mass is 16.5. The first-order valence-corrected chi connectivity index (χ1v) is 8.03. The van der Waals surface area contributed by atoms with Gasteiger partial charge < -0.3 is 9.84 Å². The van der Waals surface area contributed by atoms with Crippen molar-refractivity contribution in [2.45, 2.75) is 33.1 Å². The van der Waals surface area contributed by atoms with Gasteiger partial charge >= 0.3 is 0 Å². The molecule has 3 aromatic rings. The first-order valence-electron chi connectivity index (χ1n) is 8.03. The zero-order valence-corrected chi connectivity index (χ0v) is 13.5. The van der Waals surface area contributed by atoms with E-state index < -0.39 is 0 Å². The summed E-state index contributed by atoms with van der Waals surface area (Å²) in [6.45, 7) is 4.72. The molecule has 3 rings (SSSR count). The molecule has 0 radical (unpaired) electrons. The largest absolute Gasteiger partial charge is 0.506 e. The van der Waals surface area contributed by atoms with Gasteiger partial charge in [0.05, 0.1) is 6.61 Å². The Morgan fingerprint density at radius 2 is 1.87 bits per heavy atom. The van der Waals surface area contributed by atoms with Crippen molar-refractivity contribution in [2.24, 2.45) is 0 Å². The second-order valence-corrected chi connectivity index (χ2v) is 5.50. The van der Waals surface area contributed by atoms with Gasteiger partial charge in [-0.3, -0.25) is 0 Å². The first-order chi connectivity index (χ1) is 11.2. The molecule has 0 spiro atoms. The first kappa shape index (κ1) is 15.3.